The van der Waals surface area contributed by atoms with Crippen molar-refractivity contribution in [2.75, 3.05) is 19.6 Å². The Morgan fingerprint density at radius 1 is 1.32 bits per heavy atom. The Bertz CT molecular complexity index is 351. The highest BCUT2D eigenvalue weighted by Gasteiger charge is 2.31. The molecule has 19 heavy (non-hydrogen) atoms. The maximum Gasteiger partial charge on any atom is 0.317 e. The number of aliphatic carboxylic acids is 1. The van der Waals surface area contributed by atoms with Gasteiger partial charge < -0.3 is 15.3 Å². The van der Waals surface area contributed by atoms with Crippen LogP contribution in [0.4, 0.5) is 4.79 Å². The van der Waals surface area contributed by atoms with Crippen LogP contribution in [-0.2, 0) is 4.79 Å². The second-order valence-corrected chi connectivity index (χ2v) is 6.30. The molecule has 2 N–H and O–H groups in total. The lowest BCUT2D eigenvalue weighted by molar-refractivity contribution is -0.143. The van der Waals surface area contributed by atoms with E-state index in [2.05, 4.69) is 12.2 Å². The Kier molecular flexibility index (Phi) is 4.32. The van der Waals surface area contributed by atoms with Gasteiger partial charge in [0.15, 0.2) is 0 Å². The molecule has 2 aliphatic rings. The lowest BCUT2D eigenvalue weighted by Gasteiger charge is -2.32. The Labute approximate surface area is 114 Å². The summed E-state index contributed by atoms with van der Waals surface area (Å²) >= 11 is 0. The van der Waals surface area contributed by atoms with E-state index < -0.39 is 11.9 Å². The van der Waals surface area contributed by atoms with E-state index in [0.717, 1.165) is 6.42 Å². The summed E-state index contributed by atoms with van der Waals surface area (Å²) in [6, 6.07) is -0.0981. The van der Waals surface area contributed by atoms with Crippen molar-refractivity contribution in [2.24, 2.45) is 11.3 Å². The van der Waals surface area contributed by atoms with Gasteiger partial charge in [0.1, 0.15) is 0 Å². The Balaban J connectivity index is 1.80. The van der Waals surface area contributed by atoms with Crippen molar-refractivity contribution in [1.82, 2.24) is 10.2 Å². The molecule has 2 rings (SSSR count). The van der Waals surface area contributed by atoms with Gasteiger partial charge in [-0.05, 0) is 31.1 Å². The van der Waals surface area contributed by atoms with Crippen LogP contribution in [0.25, 0.3) is 0 Å². The molecule has 2 amide bonds. The number of piperidine rings is 1. The first-order chi connectivity index (χ1) is 9.00. The highest BCUT2D eigenvalue weighted by molar-refractivity contribution is 5.76. The molecule has 108 valence electrons. The van der Waals surface area contributed by atoms with Crippen molar-refractivity contribution in [3.8, 4) is 0 Å². The zero-order chi connectivity index (χ0) is 13.9. The zero-order valence-corrected chi connectivity index (χ0v) is 11.7. The lowest BCUT2D eigenvalue weighted by atomic mass is 9.89. The monoisotopic (exact) mass is 268 g/mol. The maximum absolute atomic E-state index is 12.1. The van der Waals surface area contributed by atoms with Gasteiger partial charge in [-0.25, -0.2) is 4.79 Å². The molecule has 0 aromatic carbocycles. The topological polar surface area (TPSA) is 69.6 Å². The molecule has 0 unspecified atom stereocenters. The molecule has 1 aliphatic carbocycles. The number of rotatable bonds is 3. The molecule has 0 bridgehead atoms. The van der Waals surface area contributed by atoms with Crippen molar-refractivity contribution in [1.29, 1.82) is 0 Å². The molecule has 1 saturated heterocycles. The van der Waals surface area contributed by atoms with Crippen LogP contribution in [0.3, 0.4) is 0 Å². The van der Waals surface area contributed by atoms with Gasteiger partial charge in [-0.3, -0.25) is 4.79 Å². The van der Waals surface area contributed by atoms with E-state index in [1.807, 2.05) is 0 Å². The third-order valence-electron chi connectivity index (χ3n) is 4.53. The smallest absolute Gasteiger partial charge is 0.317 e. The Hall–Kier alpha value is -1.26. The molecule has 0 spiro atoms. The molecule has 1 heterocycles. The zero-order valence-electron chi connectivity index (χ0n) is 11.7. The van der Waals surface area contributed by atoms with Crippen LogP contribution in [0.15, 0.2) is 0 Å². The molecule has 2 fully saturated rings. The van der Waals surface area contributed by atoms with Crippen LogP contribution in [0, 0.1) is 11.3 Å². The van der Waals surface area contributed by atoms with Crippen LogP contribution in [0.5, 0.6) is 0 Å². The van der Waals surface area contributed by atoms with E-state index in [0.29, 0.717) is 26.1 Å². The standard InChI is InChI=1S/C14H24N2O3/c1-14(6-2-3-7-14)10-15-13(19)16-8-4-5-11(9-16)12(17)18/h11H,2-10H2,1H3,(H,15,19)(H,17,18)/t11-/m0/s1. The van der Waals surface area contributed by atoms with Gasteiger partial charge in [-0.15, -0.1) is 0 Å². The predicted octanol–water partition coefficient (Wildman–Crippen LogP) is 2.07. The largest absolute Gasteiger partial charge is 0.481 e. The van der Waals surface area contributed by atoms with Crippen LogP contribution in [0.2, 0.25) is 0 Å². The van der Waals surface area contributed by atoms with E-state index in [4.69, 9.17) is 5.11 Å². The van der Waals surface area contributed by atoms with Crippen molar-refractivity contribution in [3.05, 3.63) is 0 Å². The number of nitrogens with zero attached hydrogens (tertiary/aromatic N) is 1. The van der Waals surface area contributed by atoms with Crippen LogP contribution < -0.4 is 5.32 Å². The maximum atomic E-state index is 12.1. The van der Waals surface area contributed by atoms with Gasteiger partial charge in [-0.2, -0.15) is 0 Å². The number of nitrogens with one attached hydrogen (secondary N) is 1. The molecule has 5 nitrogen and oxygen atoms in total. The van der Waals surface area contributed by atoms with Gasteiger partial charge >= 0.3 is 12.0 Å². The number of hydrogen-bond donors (Lipinski definition) is 2. The number of carbonyl (C=O) groups is 2. The van der Waals surface area contributed by atoms with Gasteiger partial charge in [-0.1, -0.05) is 19.8 Å². The Morgan fingerprint density at radius 2 is 2.00 bits per heavy atom. The molecular weight excluding hydrogens is 244 g/mol. The quantitative estimate of drug-likeness (QED) is 0.823. The van der Waals surface area contributed by atoms with Gasteiger partial charge in [0.2, 0.25) is 0 Å². The summed E-state index contributed by atoms with van der Waals surface area (Å²) in [6.45, 7) is 3.95. The second kappa shape index (κ2) is 5.80. The predicted molar refractivity (Wildman–Crippen MR) is 71.9 cm³/mol. The average molecular weight is 268 g/mol. The van der Waals surface area contributed by atoms with Crippen molar-refractivity contribution < 1.29 is 14.7 Å². The molecule has 1 saturated carbocycles. The molecule has 0 aromatic heterocycles. The first kappa shape index (κ1) is 14.2. The SMILES string of the molecule is CC1(CNC(=O)N2CCC[C@H](C(=O)O)C2)CCCC1. The fourth-order valence-electron chi connectivity index (χ4n) is 3.17. The molecular formula is C14H24N2O3. The number of carboxylic acids is 1. The van der Waals surface area contributed by atoms with E-state index in [-0.39, 0.29) is 11.4 Å². The van der Waals surface area contributed by atoms with Crippen LogP contribution in [-0.4, -0.2) is 41.6 Å². The summed E-state index contributed by atoms with van der Waals surface area (Å²) in [6.07, 6.45) is 6.29. The molecule has 0 radical (unpaired) electrons. The second-order valence-electron chi connectivity index (χ2n) is 6.30. The van der Waals surface area contributed by atoms with E-state index in [9.17, 15) is 9.59 Å². The highest BCUT2D eigenvalue weighted by Crippen LogP contribution is 2.36. The number of hydrogen-bond acceptors (Lipinski definition) is 2. The minimum absolute atomic E-state index is 0.0981. The van der Waals surface area contributed by atoms with Crippen molar-refractivity contribution >= 4 is 12.0 Å². The van der Waals surface area contributed by atoms with E-state index >= 15 is 0 Å². The van der Waals surface area contributed by atoms with Gasteiger partial charge in [0, 0.05) is 19.6 Å². The van der Waals surface area contributed by atoms with Gasteiger partial charge in [0.25, 0.3) is 0 Å². The third-order valence-corrected chi connectivity index (χ3v) is 4.53. The van der Waals surface area contributed by atoms with Crippen LogP contribution in [0.1, 0.15) is 45.4 Å². The number of carbonyl (C=O) groups excluding carboxylic acids is 1. The normalized spacial score (nSPS) is 26.2. The average Bonchev–Trinajstić information content (AvgIpc) is 2.83. The number of carboxylic acid groups (broad SMARTS) is 1. The number of amides is 2. The van der Waals surface area contributed by atoms with E-state index in [1.54, 1.807) is 4.90 Å². The third kappa shape index (κ3) is 3.61. The summed E-state index contributed by atoms with van der Waals surface area (Å²) in [4.78, 5) is 24.7. The summed E-state index contributed by atoms with van der Waals surface area (Å²) < 4.78 is 0. The first-order valence-corrected chi connectivity index (χ1v) is 7.26. The molecule has 0 aromatic rings. The Morgan fingerprint density at radius 3 is 2.63 bits per heavy atom. The minimum atomic E-state index is -0.791. The summed E-state index contributed by atoms with van der Waals surface area (Å²) in [5, 5.41) is 12.0. The number of likely N-dealkylation sites (tertiary alicyclic amines) is 1. The molecule has 1 aliphatic heterocycles. The highest BCUT2D eigenvalue weighted by atomic mass is 16.4. The number of urea groups is 1. The fraction of sp³-hybridized carbons (Fsp3) is 0.857. The minimum Gasteiger partial charge on any atom is -0.481 e. The van der Waals surface area contributed by atoms with Gasteiger partial charge in [0.05, 0.1) is 5.92 Å². The van der Waals surface area contributed by atoms with Crippen LogP contribution >= 0.6 is 0 Å². The van der Waals surface area contributed by atoms with E-state index in [1.165, 1.54) is 25.7 Å². The van der Waals surface area contributed by atoms with Crippen molar-refractivity contribution in [2.45, 2.75) is 45.4 Å². The lowest BCUT2D eigenvalue weighted by Crippen LogP contribution is -2.48. The first-order valence-electron chi connectivity index (χ1n) is 7.26. The summed E-state index contributed by atoms with van der Waals surface area (Å²) in [7, 11) is 0. The fourth-order valence-corrected chi connectivity index (χ4v) is 3.17. The summed E-state index contributed by atoms with van der Waals surface area (Å²) in [5.41, 5.74) is 0.234. The molecule has 5 heteroatoms. The summed E-state index contributed by atoms with van der Waals surface area (Å²) in [5.74, 6) is -1.19. The van der Waals surface area contributed by atoms with Crippen molar-refractivity contribution in [3.63, 3.8) is 0 Å². The molecule has 1 atom stereocenters.